The molecule has 28 heavy (non-hydrogen) atoms. The maximum Gasteiger partial charge on any atom is 0.315 e. The second kappa shape index (κ2) is 12.6. The first kappa shape index (κ1) is 22.5. The first-order valence-corrected chi connectivity index (χ1v) is 11.1. The topological polar surface area (TPSA) is 98.7 Å². The summed E-state index contributed by atoms with van der Waals surface area (Å²) in [5.74, 6) is -0.256. The van der Waals surface area contributed by atoms with E-state index >= 15 is 0 Å². The Kier molecular flexibility index (Phi) is 10.1. The Bertz CT molecular complexity index is 506. The van der Waals surface area contributed by atoms with Crippen LogP contribution in [0.3, 0.4) is 0 Å². The summed E-state index contributed by atoms with van der Waals surface area (Å²) in [5.41, 5.74) is 0. The third-order valence-corrected chi connectivity index (χ3v) is 5.93. The second-order valence-electron chi connectivity index (χ2n) is 8.33. The number of urea groups is 1. The minimum atomic E-state index is -0.760. The van der Waals surface area contributed by atoms with E-state index in [0.717, 1.165) is 51.5 Å². The zero-order valence-corrected chi connectivity index (χ0v) is 17.1. The fraction of sp³-hybridized carbons (Fsp3) is 0.857. The molecule has 0 aromatic carbocycles. The SMILES string of the molecule is O=C(O)CCC1CCCN(C(=O)CCCCCNC(=O)NC2CCCCC2)C1. The molecule has 1 aliphatic carbocycles. The van der Waals surface area contributed by atoms with E-state index < -0.39 is 5.97 Å². The Balaban J connectivity index is 1.49. The highest BCUT2D eigenvalue weighted by molar-refractivity contribution is 5.76. The average Bonchev–Trinajstić information content (AvgIpc) is 2.70. The van der Waals surface area contributed by atoms with Gasteiger partial charge in [0.05, 0.1) is 0 Å². The summed E-state index contributed by atoms with van der Waals surface area (Å²) in [6.07, 6.45) is 11.9. The standard InChI is InChI=1S/C21H37N3O4/c25-19(24-15-7-8-17(16-24)12-13-20(26)27)11-5-2-6-14-22-21(28)23-18-9-3-1-4-10-18/h17-18H,1-16H2,(H,26,27)(H2,22,23,28). The van der Waals surface area contributed by atoms with E-state index in [1.165, 1.54) is 19.3 Å². The van der Waals surface area contributed by atoms with Crippen molar-refractivity contribution in [2.45, 2.75) is 89.5 Å². The highest BCUT2D eigenvalue weighted by Gasteiger charge is 2.23. The van der Waals surface area contributed by atoms with Crippen LogP contribution < -0.4 is 10.6 Å². The van der Waals surface area contributed by atoms with Gasteiger partial charge in [0.15, 0.2) is 0 Å². The third kappa shape index (κ3) is 8.93. The van der Waals surface area contributed by atoms with Crippen LogP contribution in [0.5, 0.6) is 0 Å². The lowest BCUT2D eigenvalue weighted by Gasteiger charge is -2.32. The molecular formula is C21H37N3O4. The first-order valence-electron chi connectivity index (χ1n) is 11.1. The summed E-state index contributed by atoms with van der Waals surface area (Å²) in [6.45, 7) is 2.15. The number of hydrogen-bond donors (Lipinski definition) is 3. The summed E-state index contributed by atoms with van der Waals surface area (Å²) in [6, 6.07) is 0.263. The van der Waals surface area contributed by atoms with E-state index in [1.54, 1.807) is 0 Å². The Morgan fingerprint density at radius 2 is 1.71 bits per heavy atom. The zero-order valence-electron chi connectivity index (χ0n) is 17.1. The molecule has 1 atom stereocenters. The molecule has 2 fully saturated rings. The molecule has 0 spiro atoms. The molecule has 1 saturated carbocycles. The number of nitrogens with zero attached hydrogens (tertiary/aromatic N) is 1. The molecule has 3 amide bonds. The van der Waals surface area contributed by atoms with E-state index in [1.807, 2.05) is 4.90 Å². The Morgan fingerprint density at radius 3 is 2.46 bits per heavy atom. The fourth-order valence-corrected chi connectivity index (χ4v) is 4.28. The van der Waals surface area contributed by atoms with Gasteiger partial charge in [0.1, 0.15) is 0 Å². The van der Waals surface area contributed by atoms with Gasteiger partial charge in [-0.05, 0) is 50.9 Å². The average molecular weight is 396 g/mol. The molecule has 1 unspecified atom stereocenters. The predicted octanol–water partition coefficient (Wildman–Crippen LogP) is 3.28. The quantitative estimate of drug-likeness (QED) is 0.494. The van der Waals surface area contributed by atoms with Gasteiger partial charge in [-0.2, -0.15) is 0 Å². The van der Waals surface area contributed by atoms with Gasteiger partial charge in [0.2, 0.25) is 5.91 Å². The van der Waals surface area contributed by atoms with Crippen molar-refractivity contribution in [3.8, 4) is 0 Å². The number of unbranched alkanes of at least 4 members (excludes halogenated alkanes) is 2. The molecule has 0 radical (unpaired) electrons. The summed E-state index contributed by atoms with van der Waals surface area (Å²) in [5, 5.41) is 14.8. The van der Waals surface area contributed by atoms with Crippen LogP contribution in [0.1, 0.15) is 83.5 Å². The molecule has 2 rings (SSSR count). The van der Waals surface area contributed by atoms with Crippen LogP contribution in [-0.2, 0) is 9.59 Å². The van der Waals surface area contributed by atoms with Crippen molar-refractivity contribution in [1.29, 1.82) is 0 Å². The highest BCUT2D eigenvalue weighted by atomic mass is 16.4. The smallest absolute Gasteiger partial charge is 0.315 e. The van der Waals surface area contributed by atoms with E-state index in [9.17, 15) is 14.4 Å². The van der Waals surface area contributed by atoms with Crippen LogP contribution in [0, 0.1) is 5.92 Å². The predicted molar refractivity (Wildman–Crippen MR) is 108 cm³/mol. The normalized spacial score (nSPS) is 20.6. The van der Waals surface area contributed by atoms with Crippen LogP contribution >= 0.6 is 0 Å². The van der Waals surface area contributed by atoms with Gasteiger partial charge >= 0.3 is 12.0 Å². The molecule has 0 aromatic rings. The summed E-state index contributed by atoms with van der Waals surface area (Å²) >= 11 is 0. The molecule has 7 heteroatoms. The van der Waals surface area contributed by atoms with Crippen LogP contribution in [0.15, 0.2) is 0 Å². The van der Waals surface area contributed by atoms with Gasteiger partial charge in [-0.25, -0.2) is 4.79 Å². The lowest BCUT2D eigenvalue weighted by atomic mass is 9.93. The number of carbonyl (C=O) groups is 3. The summed E-state index contributed by atoms with van der Waals surface area (Å²) in [4.78, 5) is 36.9. The number of likely N-dealkylation sites (tertiary alicyclic amines) is 1. The molecule has 1 heterocycles. The molecule has 1 saturated heterocycles. The second-order valence-corrected chi connectivity index (χ2v) is 8.33. The van der Waals surface area contributed by atoms with Crippen molar-refractivity contribution in [1.82, 2.24) is 15.5 Å². The molecule has 1 aliphatic heterocycles. The monoisotopic (exact) mass is 395 g/mol. The number of rotatable bonds is 10. The number of hydrogen-bond acceptors (Lipinski definition) is 3. The molecule has 2 aliphatic rings. The number of nitrogens with one attached hydrogen (secondary N) is 2. The maximum absolute atomic E-state index is 12.4. The molecule has 160 valence electrons. The van der Waals surface area contributed by atoms with Gasteiger partial charge in [0, 0.05) is 38.5 Å². The van der Waals surface area contributed by atoms with E-state index in [4.69, 9.17) is 5.11 Å². The fourth-order valence-electron chi connectivity index (χ4n) is 4.28. The molecule has 7 nitrogen and oxygen atoms in total. The van der Waals surface area contributed by atoms with Crippen molar-refractivity contribution in [2.75, 3.05) is 19.6 Å². The van der Waals surface area contributed by atoms with Crippen molar-refractivity contribution in [2.24, 2.45) is 5.92 Å². The number of amides is 3. The van der Waals surface area contributed by atoms with Crippen molar-refractivity contribution < 1.29 is 19.5 Å². The zero-order chi connectivity index (χ0) is 20.2. The van der Waals surface area contributed by atoms with Crippen molar-refractivity contribution in [3.63, 3.8) is 0 Å². The lowest BCUT2D eigenvalue weighted by Crippen LogP contribution is -2.43. The van der Waals surface area contributed by atoms with E-state index in [0.29, 0.717) is 37.9 Å². The number of piperidine rings is 1. The van der Waals surface area contributed by atoms with Crippen LogP contribution in [-0.4, -0.2) is 53.6 Å². The van der Waals surface area contributed by atoms with Crippen LogP contribution in [0.2, 0.25) is 0 Å². The number of carboxylic acid groups (broad SMARTS) is 1. The Hall–Kier alpha value is -1.79. The molecule has 0 aromatic heterocycles. The van der Waals surface area contributed by atoms with Gasteiger partial charge in [-0.15, -0.1) is 0 Å². The maximum atomic E-state index is 12.4. The van der Waals surface area contributed by atoms with Crippen molar-refractivity contribution in [3.05, 3.63) is 0 Å². The van der Waals surface area contributed by atoms with Gasteiger partial charge in [-0.1, -0.05) is 25.7 Å². The summed E-state index contributed by atoms with van der Waals surface area (Å²) in [7, 11) is 0. The first-order chi connectivity index (χ1) is 13.5. The minimum Gasteiger partial charge on any atom is -0.481 e. The minimum absolute atomic E-state index is 0.0660. The Morgan fingerprint density at radius 1 is 0.929 bits per heavy atom. The molecule has 0 bridgehead atoms. The highest BCUT2D eigenvalue weighted by Crippen LogP contribution is 2.22. The number of aliphatic carboxylic acids is 1. The summed E-state index contributed by atoms with van der Waals surface area (Å²) < 4.78 is 0. The largest absolute Gasteiger partial charge is 0.481 e. The van der Waals surface area contributed by atoms with Gasteiger partial charge < -0.3 is 20.6 Å². The van der Waals surface area contributed by atoms with Crippen molar-refractivity contribution >= 4 is 17.9 Å². The number of carboxylic acids is 1. The van der Waals surface area contributed by atoms with Crippen LogP contribution in [0.4, 0.5) is 4.79 Å². The van der Waals surface area contributed by atoms with Crippen LogP contribution in [0.25, 0.3) is 0 Å². The number of carbonyl (C=O) groups excluding carboxylic acids is 2. The molecular weight excluding hydrogens is 358 g/mol. The Labute approximate surface area is 168 Å². The molecule has 3 N–H and O–H groups in total. The van der Waals surface area contributed by atoms with Gasteiger partial charge in [0.25, 0.3) is 0 Å². The lowest BCUT2D eigenvalue weighted by molar-refractivity contribution is -0.137. The van der Waals surface area contributed by atoms with E-state index in [2.05, 4.69) is 10.6 Å². The van der Waals surface area contributed by atoms with Gasteiger partial charge in [-0.3, -0.25) is 9.59 Å². The van der Waals surface area contributed by atoms with E-state index in [-0.39, 0.29) is 18.4 Å². The third-order valence-electron chi connectivity index (χ3n) is 5.93.